The molecule has 1 aromatic heterocycles. The van der Waals surface area contributed by atoms with Crippen molar-refractivity contribution in [1.82, 2.24) is 9.47 Å². The summed E-state index contributed by atoms with van der Waals surface area (Å²) in [5.74, 6) is 1.61. The molecule has 170 valence electrons. The lowest BCUT2D eigenvalue weighted by Gasteiger charge is -2.41. The fourth-order valence-electron chi connectivity index (χ4n) is 5.50. The van der Waals surface area contributed by atoms with Crippen LogP contribution in [0.3, 0.4) is 0 Å². The molecule has 1 saturated heterocycles. The third-order valence-electron chi connectivity index (χ3n) is 7.10. The topological polar surface area (TPSA) is 43.7 Å². The first-order valence-electron chi connectivity index (χ1n) is 11.5. The van der Waals surface area contributed by atoms with Crippen molar-refractivity contribution in [3.8, 4) is 11.5 Å². The monoisotopic (exact) mass is 442 g/mol. The molecule has 4 aromatic rings. The van der Waals surface area contributed by atoms with Gasteiger partial charge in [0.25, 0.3) is 0 Å². The van der Waals surface area contributed by atoms with Crippen LogP contribution in [-0.2, 0) is 18.4 Å². The van der Waals surface area contributed by atoms with E-state index in [1.165, 1.54) is 27.4 Å². The van der Waals surface area contributed by atoms with Gasteiger partial charge in [0.05, 0.1) is 25.8 Å². The Balaban J connectivity index is 1.58. The number of carbonyl (C=O) groups is 1. The second kappa shape index (κ2) is 8.91. The van der Waals surface area contributed by atoms with Gasteiger partial charge in [0.2, 0.25) is 0 Å². The van der Waals surface area contributed by atoms with Crippen LogP contribution in [0.15, 0.2) is 60.7 Å². The van der Waals surface area contributed by atoms with Crippen LogP contribution in [0, 0.1) is 0 Å². The lowest BCUT2D eigenvalue weighted by molar-refractivity contribution is -0.115. The Bertz CT molecular complexity index is 1290. The number of aldehydes is 1. The number of fused-ring (bicyclic) bond motifs is 3. The quantitative estimate of drug-likeness (QED) is 0.362. The average Bonchev–Trinajstić information content (AvgIpc) is 3.15. The number of likely N-dealkylation sites (tertiary alicyclic amines) is 1. The maximum absolute atomic E-state index is 12.1. The molecule has 0 aliphatic carbocycles. The van der Waals surface area contributed by atoms with Gasteiger partial charge < -0.3 is 18.8 Å². The number of rotatable bonds is 6. The lowest BCUT2D eigenvalue weighted by atomic mass is 9.89. The number of benzene rings is 3. The van der Waals surface area contributed by atoms with Gasteiger partial charge in [0.15, 0.2) is 0 Å². The lowest BCUT2D eigenvalue weighted by Crippen LogP contribution is -2.42. The van der Waals surface area contributed by atoms with E-state index in [2.05, 4.69) is 59.0 Å². The van der Waals surface area contributed by atoms with Crippen LogP contribution < -0.4 is 9.47 Å². The number of piperidine rings is 1. The van der Waals surface area contributed by atoms with Crippen LogP contribution in [0.25, 0.3) is 21.8 Å². The fourth-order valence-corrected chi connectivity index (χ4v) is 5.50. The van der Waals surface area contributed by atoms with Gasteiger partial charge in [0.1, 0.15) is 17.8 Å². The third-order valence-corrected chi connectivity index (χ3v) is 7.10. The van der Waals surface area contributed by atoms with E-state index in [-0.39, 0.29) is 12.1 Å². The smallest absolute Gasteiger partial charge is 0.137 e. The van der Waals surface area contributed by atoms with Gasteiger partial charge in [-0.05, 0) is 55.2 Å². The van der Waals surface area contributed by atoms with E-state index in [0.29, 0.717) is 6.54 Å². The molecule has 0 radical (unpaired) electrons. The number of para-hydroxylation sites is 1. The summed E-state index contributed by atoms with van der Waals surface area (Å²) in [6.07, 6.45) is 3.92. The van der Waals surface area contributed by atoms with E-state index >= 15 is 0 Å². The van der Waals surface area contributed by atoms with Crippen LogP contribution >= 0.6 is 0 Å². The highest BCUT2D eigenvalue weighted by molar-refractivity contribution is 6.08. The molecule has 0 amide bonds. The zero-order valence-corrected chi connectivity index (χ0v) is 19.5. The Morgan fingerprint density at radius 1 is 0.909 bits per heavy atom. The summed E-state index contributed by atoms with van der Waals surface area (Å²) in [7, 11) is 5.50. The van der Waals surface area contributed by atoms with E-state index in [1.807, 2.05) is 18.2 Å². The molecule has 5 heteroatoms. The number of methoxy groups -OCH3 is 2. The molecule has 5 nitrogen and oxygen atoms in total. The molecule has 0 spiro atoms. The van der Waals surface area contributed by atoms with Gasteiger partial charge >= 0.3 is 0 Å². The van der Waals surface area contributed by atoms with E-state index in [0.717, 1.165) is 42.6 Å². The molecule has 3 aromatic carbocycles. The summed E-state index contributed by atoms with van der Waals surface area (Å²) in [6.45, 7) is 0.689. The van der Waals surface area contributed by atoms with Crippen LogP contribution in [0.4, 0.5) is 0 Å². The minimum atomic E-state index is -0.137. The maximum atomic E-state index is 12.1. The molecular weight excluding hydrogens is 412 g/mol. The highest BCUT2D eigenvalue weighted by Gasteiger charge is 2.35. The number of hydrogen-bond donors (Lipinski definition) is 0. The van der Waals surface area contributed by atoms with E-state index < -0.39 is 0 Å². The van der Waals surface area contributed by atoms with Crippen molar-refractivity contribution in [3.63, 3.8) is 0 Å². The highest BCUT2D eigenvalue weighted by atomic mass is 16.5. The molecule has 33 heavy (non-hydrogen) atoms. The molecule has 1 aliphatic heterocycles. The SMILES string of the molecule is COc1cccc(OC)c1C1CCCC(C=O)N1Cc1ccc2c(c1)c1ccccc1n2C. The van der Waals surface area contributed by atoms with Crippen molar-refractivity contribution >= 4 is 28.1 Å². The third kappa shape index (κ3) is 3.66. The zero-order valence-electron chi connectivity index (χ0n) is 19.5. The van der Waals surface area contributed by atoms with E-state index in [4.69, 9.17) is 9.47 Å². The van der Waals surface area contributed by atoms with Crippen LogP contribution in [0.5, 0.6) is 11.5 Å². The fraction of sp³-hybridized carbons (Fsp3) is 0.321. The van der Waals surface area contributed by atoms with Crippen LogP contribution in [-0.4, -0.2) is 36.0 Å². The van der Waals surface area contributed by atoms with Crippen molar-refractivity contribution in [2.45, 2.75) is 37.9 Å². The molecule has 1 fully saturated rings. The number of nitrogens with zero attached hydrogens (tertiary/aromatic N) is 2. The summed E-state index contributed by atoms with van der Waals surface area (Å²) < 4.78 is 13.7. The van der Waals surface area contributed by atoms with Gasteiger partial charge in [0, 0.05) is 41.4 Å². The molecule has 2 atom stereocenters. The van der Waals surface area contributed by atoms with Gasteiger partial charge in [-0.15, -0.1) is 0 Å². The van der Waals surface area contributed by atoms with Gasteiger partial charge in [-0.3, -0.25) is 4.90 Å². The Hall–Kier alpha value is -3.31. The van der Waals surface area contributed by atoms with E-state index in [1.54, 1.807) is 14.2 Å². The highest BCUT2D eigenvalue weighted by Crippen LogP contribution is 2.44. The predicted molar refractivity (Wildman–Crippen MR) is 132 cm³/mol. The number of aryl methyl sites for hydroxylation is 1. The molecule has 0 N–H and O–H groups in total. The molecular formula is C28H30N2O3. The minimum Gasteiger partial charge on any atom is -0.496 e. The molecule has 2 heterocycles. The summed E-state index contributed by atoms with van der Waals surface area (Å²) in [5.41, 5.74) is 4.67. The van der Waals surface area contributed by atoms with Crippen molar-refractivity contribution in [3.05, 3.63) is 71.8 Å². The standard InChI is InChI=1S/C28H30N2O3/c1-29-23-10-5-4-9-21(23)22-16-19(14-15-24(22)29)17-30-20(18-31)8-6-11-25(30)28-26(32-2)12-7-13-27(28)33-3/h4-5,7,9-10,12-16,18,20,25H,6,8,11,17H2,1-3H3. The number of hydrogen-bond acceptors (Lipinski definition) is 4. The second-order valence-electron chi connectivity index (χ2n) is 8.83. The van der Waals surface area contributed by atoms with Crippen LogP contribution in [0.2, 0.25) is 0 Å². The van der Waals surface area contributed by atoms with Crippen molar-refractivity contribution in [2.75, 3.05) is 14.2 Å². The number of aromatic nitrogens is 1. The zero-order chi connectivity index (χ0) is 22.9. The van der Waals surface area contributed by atoms with Crippen molar-refractivity contribution < 1.29 is 14.3 Å². The Kier molecular flexibility index (Phi) is 5.81. The minimum absolute atomic E-state index is 0.0447. The summed E-state index contributed by atoms with van der Waals surface area (Å²) in [4.78, 5) is 14.5. The number of carbonyl (C=O) groups excluding carboxylic acids is 1. The molecule has 1 aliphatic rings. The molecule has 0 bridgehead atoms. The molecule has 0 saturated carbocycles. The van der Waals surface area contributed by atoms with Crippen molar-refractivity contribution in [2.24, 2.45) is 7.05 Å². The first-order valence-corrected chi connectivity index (χ1v) is 11.5. The van der Waals surface area contributed by atoms with E-state index in [9.17, 15) is 4.79 Å². The Labute approximate surface area is 194 Å². The normalized spacial score (nSPS) is 19.1. The summed E-state index contributed by atoms with van der Waals surface area (Å²) >= 11 is 0. The summed E-state index contributed by atoms with van der Waals surface area (Å²) in [5, 5.41) is 2.50. The summed E-state index contributed by atoms with van der Waals surface area (Å²) in [6, 6.07) is 21.0. The Morgan fingerprint density at radius 3 is 2.36 bits per heavy atom. The maximum Gasteiger partial charge on any atom is 0.137 e. The first-order chi connectivity index (χ1) is 16.2. The van der Waals surface area contributed by atoms with Gasteiger partial charge in [-0.25, -0.2) is 0 Å². The molecule has 5 rings (SSSR count). The molecule has 2 unspecified atom stereocenters. The first kappa shape index (κ1) is 21.5. The predicted octanol–water partition coefficient (Wildman–Crippen LogP) is 5.64. The van der Waals surface area contributed by atoms with Crippen molar-refractivity contribution in [1.29, 1.82) is 0 Å². The Morgan fingerprint density at radius 2 is 1.64 bits per heavy atom. The van der Waals surface area contributed by atoms with Gasteiger partial charge in [-0.2, -0.15) is 0 Å². The van der Waals surface area contributed by atoms with Crippen LogP contribution in [0.1, 0.15) is 36.4 Å². The second-order valence-corrected chi connectivity index (χ2v) is 8.83. The van der Waals surface area contributed by atoms with Gasteiger partial charge in [-0.1, -0.05) is 30.3 Å². The average molecular weight is 443 g/mol. The largest absolute Gasteiger partial charge is 0.496 e. The number of ether oxygens (including phenoxy) is 2.